The average Bonchev–Trinajstić information content (AvgIpc) is 2.69. The highest BCUT2D eigenvalue weighted by Crippen LogP contribution is 2.29. The maximum Gasteiger partial charge on any atom is 0.338 e. The monoisotopic (exact) mass is 371 g/mol. The van der Waals surface area contributed by atoms with E-state index >= 15 is 0 Å². The quantitative estimate of drug-likeness (QED) is 0.685. The Hall–Kier alpha value is -3.02. The summed E-state index contributed by atoms with van der Waals surface area (Å²) in [6, 6.07) is 14.5. The fourth-order valence-corrected chi connectivity index (χ4v) is 2.23. The van der Waals surface area contributed by atoms with Crippen LogP contribution in [0.5, 0.6) is 11.5 Å². The first kappa shape index (κ1) is 20.3. The smallest absolute Gasteiger partial charge is 0.338 e. The molecule has 6 nitrogen and oxygen atoms in total. The van der Waals surface area contributed by atoms with Gasteiger partial charge in [-0.2, -0.15) is 0 Å². The summed E-state index contributed by atoms with van der Waals surface area (Å²) in [5, 5.41) is 2.69. The molecule has 0 aliphatic rings. The second-order valence-corrected chi connectivity index (χ2v) is 6.41. The van der Waals surface area contributed by atoms with Crippen molar-refractivity contribution in [1.29, 1.82) is 0 Å². The molecule has 0 fully saturated rings. The Labute approximate surface area is 159 Å². The van der Waals surface area contributed by atoms with E-state index in [9.17, 15) is 9.59 Å². The van der Waals surface area contributed by atoms with Crippen molar-refractivity contribution in [3.05, 3.63) is 59.7 Å². The van der Waals surface area contributed by atoms with Gasteiger partial charge in [-0.15, -0.1) is 0 Å². The lowest BCUT2D eigenvalue weighted by atomic mass is 10.2. The largest absolute Gasteiger partial charge is 0.493 e. The van der Waals surface area contributed by atoms with E-state index in [2.05, 4.69) is 5.32 Å². The zero-order valence-electron chi connectivity index (χ0n) is 15.9. The Kier molecular flexibility index (Phi) is 7.67. The predicted molar refractivity (Wildman–Crippen MR) is 102 cm³/mol. The minimum Gasteiger partial charge on any atom is -0.493 e. The summed E-state index contributed by atoms with van der Waals surface area (Å²) in [6.07, 6.45) is 0. The maximum absolute atomic E-state index is 12.1. The van der Waals surface area contributed by atoms with Crippen molar-refractivity contribution in [2.75, 3.05) is 20.3 Å². The van der Waals surface area contributed by atoms with Crippen molar-refractivity contribution in [1.82, 2.24) is 5.32 Å². The van der Waals surface area contributed by atoms with E-state index in [1.54, 1.807) is 12.1 Å². The second kappa shape index (κ2) is 10.2. The Morgan fingerprint density at radius 2 is 1.78 bits per heavy atom. The van der Waals surface area contributed by atoms with Crippen LogP contribution in [0, 0.1) is 5.92 Å². The van der Waals surface area contributed by atoms with Gasteiger partial charge in [-0.05, 0) is 29.7 Å². The van der Waals surface area contributed by atoms with Gasteiger partial charge < -0.3 is 19.5 Å². The van der Waals surface area contributed by atoms with Crippen molar-refractivity contribution < 1.29 is 23.8 Å². The fraction of sp³-hybridized carbons (Fsp3) is 0.333. The molecule has 2 aromatic rings. The number of nitrogens with one attached hydrogen (secondary N) is 1. The van der Waals surface area contributed by atoms with Gasteiger partial charge in [0.25, 0.3) is 5.91 Å². The Morgan fingerprint density at radius 3 is 2.44 bits per heavy atom. The van der Waals surface area contributed by atoms with Crippen LogP contribution in [0.3, 0.4) is 0 Å². The minimum atomic E-state index is -0.595. The van der Waals surface area contributed by atoms with E-state index in [0.29, 0.717) is 30.6 Å². The topological polar surface area (TPSA) is 73.9 Å². The molecule has 1 N–H and O–H groups in total. The van der Waals surface area contributed by atoms with Crippen LogP contribution >= 0.6 is 0 Å². The molecule has 0 unspecified atom stereocenters. The van der Waals surface area contributed by atoms with Crippen LogP contribution in [0.2, 0.25) is 0 Å². The van der Waals surface area contributed by atoms with Crippen LogP contribution in [-0.4, -0.2) is 32.1 Å². The number of ether oxygens (including phenoxy) is 3. The Balaban J connectivity index is 1.93. The summed E-state index contributed by atoms with van der Waals surface area (Å²) in [7, 11) is 1.50. The number of carbonyl (C=O) groups is 2. The van der Waals surface area contributed by atoms with E-state index in [1.165, 1.54) is 13.2 Å². The molecule has 2 rings (SSSR count). The normalized spacial score (nSPS) is 10.4. The molecule has 2 aromatic carbocycles. The molecule has 0 aliphatic heterocycles. The number of rotatable bonds is 9. The highest BCUT2D eigenvalue weighted by Gasteiger charge is 2.14. The number of benzene rings is 2. The molecule has 0 aliphatic carbocycles. The molecule has 0 saturated heterocycles. The number of hydrogen-bond donors (Lipinski definition) is 1. The van der Waals surface area contributed by atoms with E-state index < -0.39 is 5.97 Å². The molecule has 0 aromatic heterocycles. The third kappa shape index (κ3) is 6.66. The number of hydrogen-bond acceptors (Lipinski definition) is 5. The number of amides is 1. The molecule has 0 heterocycles. The van der Waals surface area contributed by atoms with Gasteiger partial charge in [-0.25, -0.2) is 4.79 Å². The van der Waals surface area contributed by atoms with Crippen molar-refractivity contribution in [3.8, 4) is 11.5 Å². The Bertz CT molecular complexity index is 758. The van der Waals surface area contributed by atoms with Gasteiger partial charge in [0, 0.05) is 6.54 Å². The van der Waals surface area contributed by atoms with Crippen molar-refractivity contribution in [2.24, 2.45) is 5.92 Å². The molecule has 144 valence electrons. The summed E-state index contributed by atoms with van der Waals surface area (Å²) in [4.78, 5) is 23.8. The van der Waals surface area contributed by atoms with Crippen molar-refractivity contribution >= 4 is 11.9 Å². The highest BCUT2D eigenvalue weighted by molar-refractivity contribution is 5.92. The predicted octanol–water partition coefficient (Wildman–Crippen LogP) is 3.20. The molecule has 0 atom stereocenters. The third-order valence-electron chi connectivity index (χ3n) is 3.68. The second-order valence-electron chi connectivity index (χ2n) is 6.41. The molecular formula is C21H25NO5. The van der Waals surface area contributed by atoms with Crippen LogP contribution in [0.25, 0.3) is 0 Å². The summed E-state index contributed by atoms with van der Waals surface area (Å²) in [6.45, 7) is 4.58. The van der Waals surface area contributed by atoms with Gasteiger partial charge in [0.05, 0.1) is 12.7 Å². The first-order chi connectivity index (χ1) is 13.0. The number of esters is 1. The molecule has 0 radical (unpaired) electrons. The highest BCUT2D eigenvalue weighted by atomic mass is 16.5. The first-order valence-corrected chi connectivity index (χ1v) is 8.78. The van der Waals surface area contributed by atoms with Gasteiger partial charge in [0.2, 0.25) is 0 Å². The van der Waals surface area contributed by atoms with Gasteiger partial charge in [0.1, 0.15) is 6.61 Å². The zero-order chi connectivity index (χ0) is 19.6. The van der Waals surface area contributed by atoms with Crippen LogP contribution in [-0.2, 0) is 16.1 Å². The minimum absolute atomic E-state index is 0.288. The molecule has 0 bridgehead atoms. The van der Waals surface area contributed by atoms with Crippen LogP contribution < -0.4 is 14.8 Å². The van der Waals surface area contributed by atoms with Gasteiger partial charge in [-0.3, -0.25) is 4.79 Å². The lowest BCUT2D eigenvalue weighted by Crippen LogP contribution is -2.31. The van der Waals surface area contributed by atoms with E-state index in [4.69, 9.17) is 14.2 Å². The molecule has 6 heteroatoms. The summed E-state index contributed by atoms with van der Waals surface area (Å²) in [5.41, 5.74) is 1.31. The van der Waals surface area contributed by atoms with Crippen LogP contribution in [0.4, 0.5) is 0 Å². The van der Waals surface area contributed by atoms with Crippen molar-refractivity contribution in [3.63, 3.8) is 0 Å². The summed E-state index contributed by atoms with van der Waals surface area (Å²) >= 11 is 0. The standard InChI is InChI=1S/C21H25NO5/c1-15(2)12-22-20(23)14-27-21(24)17-9-10-18(19(11-17)25-3)26-13-16-7-5-4-6-8-16/h4-11,15H,12-14H2,1-3H3,(H,22,23). The zero-order valence-corrected chi connectivity index (χ0v) is 15.9. The third-order valence-corrected chi connectivity index (χ3v) is 3.68. The van der Waals surface area contributed by atoms with Gasteiger partial charge >= 0.3 is 5.97 Å². The summed E-state index contributed by atoms with van der Waals surface area (Å²) in [5.74, 6) is 0.351. The molecule has 0 spiro atoms. The van der Waals surface area contributed by atoms with E-state index in [-0.39, 0.29) is 18.1 Å². The lowest BCUT2D eigenvalue weighted by Gasteiger charge is -2.12. The SMILES string of the molecule is COc1cc(C(=O)OCC(=O)NCC(C)C)ccc1OCc1ccccc1. The number of methoxy groups -OCH3 is 1. The lowest BCUT2D eigenvalue weighted by molar-refractivity contribution is -0.124. The van der Waals surface area contributed by atoms with Crippen LogP contribution in [0.15, 0.2) is 48.5 Å². The molecule has 1 amide bonds. The maximum atomic E-state index is 12.1. The fourth-order valence-electron chi connectivity index (χ4n) is 2.23. The van der Waals surface area contributed by atoms with Gasteiger partial charge in [0.15, 0.2) is 18.1 Å². The van der Waals surface area contributed by atoms with E-state index in [0.717, 1.165) is 5.56 Å². The van der Waals surface area contributed by atoms with E-state index in [1.807, 2.05) is 44.2 Å². The molecular weight excluding hydrogens is 346 g/mol. The molecule has 27 heavy (non-hydrogen) atoms. The van der Waals surface area contributed by atoms with Crippen LogP contribution in [0.1, 0.15) is 29.8 Å². The average molecular weight is 371 g/mol. The van der Waals surface area contributed by atoms with Crippen molar-refractivity contribution in [2.45, 2.75) is 20.5 Å². The number of carbonyl (C=O) groups excluding carboxylic acids is 2. The molecule has 0 saturated carbocycles. The Morgan fingerprint density at radius 1 is 1.04 bits per heavy atom. The van der Waals surface area contributed by atoms with Gasteiger partial charge in [-0.1, -0.05) is 44.2 Å². The first-order valence-electron chi connectivity index (χ1n) is 8.78. The summed E-state index contributed by atoms with van der Waals surface area (Å²) < 4.78 is 16.1.